The van der Waals surface area contributed by atoms with Crippen molar-refractivity contribution in [2.45, 2.75) is 58.7 Å². The van der Waals surface area contributed by atoms with Crippen molar-refractivity contribution in [3.05, 3.63) is 36.0 Å². The fourth-order valence-corrected chi connectivity index (χ4v) is 2.47. The van der Waals surface area contributed by atoms with Gasteiger partial charge in [0.05, 0.1) is 12.2 Å². The predicted octanol–water partition coefficient (Wildman–Crippen LogP) is 3.74. The van der Waals surface area contributed by atoms with Crippen LogP contribution in [0.5, 0.6) is 0 Å². The van der Waals surface area contributed by atoms with E-state index in [0.717, 1.165) is 26.0 Å². The predicted molar refractivity (Wildman–Crippen MR) is 89.6 cm³/mol. The summed E-state index contributed by atoms with van der Waals surface area (Å²) in [4.78, 5) is 0. The van der Waals surface area contributed by atoms with Crippen LogP contribution in [0.4, 0.5) is 0 Å². The average molecular weight is 288 g/mol. The lowest BCUT2D eigenvalue weighted by Gasteiger charge is -2.19. The molecule has 1 atom stereocenters. The van der Waals surface area contributed by atoms with Crippen LogP contribution < -0.4 is 5.73 Å². The van der Waals surface area contributed by atoms with Crippen LogP contribution in [0.15, 0.2) is 30.5 Å². The van der Waals surface area contributed by atoms with Gasteiger partial charge in [0.2, 0.25) is 0 Å². The van der Waals surface area contributed by atoms with Crippen molar-refractivity contribution in [2.75, 3.05) is 6.61 Å². The standard InChI is InChI=1S/C18H28N2O/c1-5-16(19)13-14-6-7-17-15(12-14)8-9-20(17)10-11-21-18(2,3)4/h6-9,12,16H,5,10-11,13,19H2,1-4H3. The zero-order valence-corrected chi connectivity index (χ0v) is 13.7. The molecule has 1 unspecified atom stereocenters. The maximum atomic E-state index is 6.04. The second kappa shape index (κ2) is 6.63. The lowest BCUT2D eigenvalue weighted by molar-refractivity contribution is -0.00644. The molecule has 1 heterocycles. The summed E-state index contributed by atoms with van der Waals surface area (Å²) < 4.78 is 8.06. The van der Waals surface area contributed by atoms with E-state index in [4.69, 9.17) is 10.5 Å². The monoisotopic (exact) mass is 288 g/mol. The van der Waals surface area contributed by atoms with Gasteiger partial charge in [-0.15, -0.1) is 0 Å². The van der Waals surface area contributed by atoms with Crippen LogP contribution in [-0.4, -0.2) is 22.8 Å². The molecule has 3 nitrogen and oxygen atoms in total. The molecule has 3 heteroatoms. The number of hydrogen-bond acceptors (Lipinski definition) is 2. The van der Waals surface area contributed by atoms with Crippen LogP contribution >= 0.6 is 0 Å². The Kier molecular flexibility index (Phi) is 5.07. The number of fused-ring (bicyclic) bond motifs is 1. The summed E-state index contributed by atoms with van der Waals surface area (Å²) in [6.45, 7) is 10.0. The number of rotatable bonds is 6. The third-order valence-corrected chi connectivity index (χ3v) is 3.72. The van der Waals surface area contributed by atoms with Crippen LogP contribution in [0.1, 0.15) is 39.7 Å². The fourth-order valence-electron chi connectivity index (χ4n) is 2.47. The van der Waals surface area contributed by atoms with E-state index in [1.54, 1.807) is 0 Å². The lowest BCUT2D eigenvalue weighted by Crippen LogP contribution is -2.21. The van der Waals surface area contributed by atoms with Gasteiger partial charge in [0.1, 0.15) is 0 Å². The molecule has 21 heavy (non-hydrogen) atoms. The molecular formula is C18H28N2O. The molecule has 0 spiro atoms. The van der Waals surface area contributed by atoms with Gasteiger partial charge in [-0.25, -0.2) is 0 Å². The van der Waals surface area contributed by atoms with E-state index in [2.05, 4.69) is 62.7 Å². The molecule has 1 aromatic heterocycles. The van der Waals surface area contributed by atoms with E-state index >= 15 is 0 Å². The smallest absolute Gasteiger partial charge is 0.0652 e. The Morgan fingerprint density at radius 3 is 2.67 bits per heavy atom. The quantitative estimate of drug-likeness (QED) is 0.879. The highest BCUT2D eigenvalue weighted by molar-refractivity contribution is 5.80. The minimum atomic E-state index is -0.0770. The van der Waals surface area contributed by atoms with Crippen molar-refractivity contribution in [1.82, 2.24) is 4.57 Å². The van der Waals surface area contributed by atoms with Crippen molar-refractivity contribution < 1.29 is 4.74 Å². The van der Waals surface area contributed by atoms with Gasteiger partial charge in [-0.1, -0.05) is 13.0 Å². The fraction of sp³-hybridized carbons (Fsp3) is 0.556. The van der Waals surface area contributed by atoms with Gasteiger partial charge in [0.25, 0.3) is 0 Å². The van der Waals surface area contributed by atoms with Crippen molar-refractivity contribution in [1.29, 1.82) is 0 Å². The minimum Gasteiger partial charge on any atom is -0.374 e. The maximum Gasteiger partial charge on any atom is 0.0652 e. The first-order chi connectivity index (χ1) is 9.89. The van der Waals surface area contributed by atoms with Gasteiger partial charge < -0.3 is 15.0 Å². The van der Waals surface area contributed by atoms with Crippen LogP contribution in [-0.2, 0) is 17.7 Å². The zero-order chi connectivity index (χ0) is 15.5. The van der Waals surface area contributed by atoms with Crippen molar-refractivity contribution in [2.24, 2.45) is 5.73 Å². The first-order valence-corrected chi connectivity index (χ1v) is 7.86. The molecule has 0 aliphatic rings. The van der Waals surface area contributed by atoms with Gasteiger partial charge in [0, 0.05) is 24.3 Å². The van der Waals surface area contributed by atoms with E-state index in [0.29, 0.717) is 0 Å². The Morgan fingerprint density at radius 2 is 2.00 bits per heavy atom. The average Bonchev–Trinajstić information content (AvgIpc) is 2.80. The minimum absolute atomic E-state index is 0.0770. The van der Waals surface area contributed by atoms with Gasteiger partial charge in [0.15, 0.2) is 0 Å². The lowest BCUT2D eigenvalue weighted by atomic mass is 10.0. The molecule has 116 valence electrons. The molecule has 0 aliphatic heterocycles. The molecule has 0 saturated carbocycles. The Bertz CT molecular complexity index is 580. The highest BCUT2D eigenvalue weighted by Gasteiger charge is 2.10. The summed E-state index contributed by atoms with van der Waals surface area (Å²) in [5.41, 5.74) is 8.55. The molecule has 2 rings (SSSR count). The van der Waals surface area contributed by atoms with E-state index in [1.807, 2.05) is 0 Å². The normalized spacial score (nSPS) is 13.8. The Hall–Kier alpha value is -1.32. The Morgan fingerprint density at radius 1 is 1.24 bits per heavy atom. The summed E-state index contributed by atoms with van der Waals surface area (Å²) in [6, 6.07) is 9.08. The van der Waals surface area contributed by atoms with Crippen LogP contribution in [0.3, 0.4) is 0 Å². The van der Waals surface area contributed by atoms with Gasteiger partial charge in [-0.05, 0) is 62.8 Å². The summed E-state index contributed by atoms with van der Waals surface area (Å²) >= 11 is 0. The number of benzene rings is 1. The van der Waals surface area contributed by atoms with Crippen LogP contribution in [0.2, 0.25) is 0 Å². The van der Waals surface area contributed by atoms with Crippen LogP contribution in [0.25, 0.3) is 10.9 Å². The van der Waals surface area contributed by atoms with Crippen molar-refractivity contribution in [3.63, 3.8) is 0 Å². The second-order valence-corrected chi connectivity index (χ2v) is 6.74. The SMILES string of the molecule is CCC(N)Cc1ccc2c(ccn2CCOC(C)(C)C)c1. The Labute approximate surface area is 128 Å². The molecule has 1 aromatic carbocycles. The summed E-state index contributed by atoms with van der Waals surface area (Å²) in [5.74, 6) is 0. The van der Waals surface area contributed by atoms with Crippen LogP contribution in [0, 0.1) is 0 Å². The first kappa shape index (κ1) is 16.1. The Balaban J connectivity index is 2.06. The number of aromatic nitrogens is 1. The number of hydrogen-bond donors (Lipinski definition) is 1. The third-order valence-electron chi connectivity index (χ3n) is 3.72. The summed E-state index contributed by atoms with van der Waals surface area (Å²) in [6.07, 6.45) is 4.11. The number of ether oxygens (including phenoxy) is 1. The molecule has 0 saturated heterocycles. The van der Waals surface area contributed by atoms with Gasteiger partial charge >= 0.3 is 0 Å². The van der Waals surface area contributed by atoms with Gasteiger partial charge in [-0.3, -0.25) is 0 Å². The second-order valence-electron chi connectivity index (χ2n) is 6.74. The van der Waals surface area contributed by atoms with E-state index in [9.17, 15) is 0 Å². The molecule has 0 bridgehead atoms. The number of nitrogens with zero attached hydrogens (tertiary/aromatic N) is 1. The van der Waals surface area contributed by atoms with E-state index in [1.165, 1.54) is 16.5 Å². The summed E-state index contributed by atoms with van der Waals surface area (Å²) in [7, 11) is 0. The first-order valence-electron chi connectivity index (χ1n) is 7.86. The molecular weight excluding hydrogens is 260 g/mol. The summed E-state index contributed by atoms with van der Waals surface area (Å²) in [5, 5.41) is 1.28. The topological polar surface area (TPSA) is 40.2 Å². The number of nitrogens with two attached hydrogens (primary N) is 1. The molecule has 0 fully saturated rings. The zero-order valence-electron chi connectivity index (χ0n) is 13.7. The molecule has 0 aliphatic carbocycles. The highest BCUT2D eigenvalue weighted by atomic mass is 16.5. The maximum absolute atomic E-state index is 6.04. The van der Waals surface area contributed by atoms with Crippen molar-refractivity contribution >= 4 is 10.9 Å². The van der Waals surface area contributed by atoms with Crippen molar-refractivity contribution in [3.8, 4) is 0 Å². The largest absolute Gasteiger partial charge is 0.374 e. The van der Waals surface area contributed by atoms with E-state index < -0.39 is 0 Å². The highest BCUT2D eigenvalue weighted by Crippen LogP contribution is 2.19. The van der Waals surface area contributed by atoms with Gasteiger partial charge in [-0.2, -0.15) is 0 Å². The molecule has 0 amide bonds. The molecule has 2 N–H and O–H groups in total. The van der Waals surface area contributed by atoms with E-state index in [-0.39, 0.29) is 11.6 Å². The molecule has 0 radical (unpaired) electrons. The third kappa shape index (κ3) is 4.58. The molecule has 2 aromatic rings.